The van der Waals surface area contributed by atoms with Crippen molar-refractivity contribution < 1.29 is 4.74 Å². The van der Waals surface area contributed by atoms with Crippen LogP contribution in [0.25, 0.3) is 0 Å². The van der Waals surface area contributed by atoms with Crippen molar-refractivity contribution in [3.05, 3.63) is 101 Å². The van der Waals surface area contributed by atoms with Gasteiger partial charge in [0.2, 0.25) is 0 Å². The van der Waals surface area contributed by atoms with Crippen LogP contribution >= 0.6 is 0 Å². The van der Waals surface area contributed by atoms with Crippen molar-refractivity contribution in [2.24, 2.45) is 0 Å². The first-order chi connectivity index (χ1) is 17.8. The summed E-state index contributed by atoms with van der Waals surface area (Å²) in [6.07, 6.45) is 6.43. The maximum absolute atomic E-state index is 5.94. The van der Waals surface area contributed by atoms with E-state index in [0.29, 0.717) is 0 Å². The van der Waals surface area contributed by atoms with Crippen LogP contribution in [-0.4, -0.2) is 49.1 Å². The lowest BCUT2D eigenvalue weighted by Gasteiger charge is -2.28. The van der Waals surface area contributed by atoms with E-state index in [4.69, 9.17) is 4.74 Å². The molecule has 1 saturated heterocycles. The van der Waals surface area contributed by atoms with Crippen molar-refractivity contribution in [2.75, 3.05) is 39.3 Å². The molecule has 4 nitrogen and oxygen atoms in total. The van der Waals surface area contributed by atoms with Crippen LogP contribution in [0.3, 0.4) is 0 Å². The average molecular weight is 484 g/mol. The van der Waals surface area contributed by atoms with Crippen LogP contribution in [0.1, 0.15) is 47.1 Å². The van der Waals surface area contributed by atoms with Gasteiger partial charge in [0.15, 0.2) is 0 Å². The quantitative estimate of drug-likeness (QED) is 0.505. The lowest BCUT2D eigenvalue weighted by atomic mass is 9.99. The zero-order valence-electron chi connectivity index (χ0n) is 21.6. The number of likely N-dealkylation sites (tertiary alicyclic amines) is 1. The molecule has 36 heavy (non-hydrogen) atoms. The molecule has 3 aliphatic heterocycles. The Balaban J connectivity index is 0.000000222. The summed E-state index contributed by atoms with van der Waals surface area (Å²) in [6, 6.07) is 26.2. The summed E-state index contributed by atoms with van der Waals surface area (Å²) in [5.74, 6) is 0.995. The molecule has 0 radical (unpaired) electrons. The molecular formula is C32H41N3O. The van der Waals surface area contributed by atoms with Gasteiger partial charge >= 0.3 is 0 Å². The number of piperidine rings is 1. The monoisotopic (exact) mass is 483 g/mol. The Morgan fingerprint density at radius 3 is 2.11 bits per heavy atom. The fraction of sp³-hybridized carbons (Fsp3) is 0.438. The van der Waals surface area contributed by atoms with Crippen molar-refractivity contribution in [1.82, 2.24) is 15.1 Å². The number of ether oxygens (including phenoxy) is 1. The molecule has 0 amide bonds. The number of nitrogens with one attached hydrogen (secondary N) is 1. The van der Waals surface area contributed by atoms with Gasteiger partial charge in [-0.1, -0.05) is 67.1 Å². The van der Waals surface area contributed by atoms with Crippen molar-refractivity contribution in [3.63, 3.8) is 0 Å². The fourth-order valence-corrected chi connectivity index (χ4v) is 5.53. The molecule has 190 valence electrons. The fourth-order valence-electron chi connectivity index (χ4n) is 5.53. The van der Waals surface area contributed by atoms with Gasteiger partial charge in [-0.05, 0) is 85.3 Å². The number of benzene rings is 3. The molecule has 0 spiro atoms. The molecule has 3 aromatic rings. The highest BCUT2D eigenvalue weighted by molar-refractivity contribution is 5.31. The van der Waals surface area contributed by atoms with Crippen molar-refractivity contribution in [1.29, 1.82) is 0 Å². The van der Waals surface area contributed by atoms with Gasteiger partial charge in [0.1, 0.15) is 12.4 Å². The van der Waals surface area contributed by atoms with E-state index in [1.807, 2.05) is 0 Å². The molecule has 0 unspecified atom stereocenters. The van der Waals surface area contributed by atoms with E-state index < -0.39 is 0 Å². The van der Waals surface area contributed by atoms with Crippen LogP contribution < -0.4 is 10.1 Å². The van der Waals surface area contributed by atoms with Gasteiger partial charge in [-0.15, -0.1) is 0 Å². The molecule has 0 aliphatic carbocycles. The zero-order chi connectivity index (χ0) is 24.4. The third kappa shape index (κ3) is 7.19. The van der Waals surface area contributed by atoms with E-state index in [2.05, 4.69) is 87.9 Å². The molecule has 0 aromatic heterocycles. The lowest BCUT2D eigenvalue weighted by molar-refractivity contribution is 0.183. The molecule has 3 heterocycles. The molecule has 3 aliphatic rings. The molecule has 4 heteroatoms. The standard InChI is InChI=1S/C23H30N2O.C9H11N/c1-4-13-24(14-5-1)16-17-26-23-10-8-20(9-11-23)18-25-15-12-21-6-2-3-7-22(21)19-25;1-2-4-9-7-10-6-5-8(9)3-1/h2-3,6-11H,1,4-5,12-19H2;1-4,10H,5-7H2. The Kier molecular flexibility index (Phi) is 9.06. The van der Waals surface area contributed by atoms with Crippen LogP contribution in [0.4, 0.5) is 0 Å². The third-order valence-corrected chi connectivity index (χ3v) is 7.67. The maximum Gasteiger partial charge on any atom is 0.119 e. The van der Waals surface area contributed by atoms with Gasteiger partial charge < -0.3 is 10.1 Å². The van der Waals surface area contributed by atoms with E-state index in [1.54, 1.807) is 0 Å². The van der Waals surface area contributed by atoms with Gasteiger partial charge in [-0.2, -0.15) is 0 Å². The Hall–Kier alpha value is -2.66. The summed E-state index contributed by atoms with van der Waals surface area (Å²) < 4.78 is 5.94. The number of nitrogens with zero attached hydrogens (tertiary/aromatic N) is 2. The van der Waals surface area contributed by atoms with Gasteiger partial charge in [-0.25, -0.2) is 0 Å². The molecule has 0 saturated carbocycles. The highest BCUT2D eigenvalue weighted by atomic mass is 16.5. The maximum atomic E-state index is 5.94. The van der Waals surface area contributed by atoms with E-state index in [1.165, 1.54) is 66.6 Å². The minimum absolute atomic E-state index is 0.794. The van der Waals surface area contributed by atoms with E-state index in [-0.39, 0.29) is 0 Å². The Bertz CT molecular complexity index is 1050. The minimum Gasteiger partial charge on any atom is -0.492 e. The van der Waals surface area contributed by atoms with Crippen LogP contribution in [0.2, 0.25) is 0 Å². The van der Waals surface area contributed by atoms with Gasteiger partial charge in [0.25, 0.3) is 0 Å². The summed E-state index contributed by atoms with van der Waals surface area (Å²) in [6.45, 7) is 9.73. The van der Waals surface area contributed by atoms with Crippen LogP contribution in [0.15, 0.2) is 72.8 Å². The van der Waals surface area contributed by atoms with Crippen molar-refractivity contribution in [2.45, 2.75) is 51.7 Å². The third-order valence-electron chi connectivity index (χ3n) is 7.67. The van der Waals surface area contributed by atoms with Gasteiger partial charge in [0.05, 0.1) is 0 Å². The predicted octanol–water partition coefficient (Wildman–Crippen LogP) is 5.44. The summed E-state index contributed by atoms with van der Waals surface area (Å²) in [7, 11) is 0. The second-order valence-corrected chi connectivity index (χ2v) is 10.3. The second kappa shape index (κ2) is 13.0. The first-order valence-electron chi connectivity index (χ1n) is 13.8. The highest BCUT2D eigenvalue weighted by Crippen LogP contribution is 2.21. The second-order valence-electron chi connectivity index (χ2n) is 10.3. The van der Waals surface area contributed by atoms with Crippen LogP contribution in [-0.2, 0) is 32.5 Å². The SMILES string of the molecule is c1ccc2c(c1)CCN(Cc1ccc(OCCN3CCCCC3)cc1)C2.c1ccc2c(c1)CCNC2. The molecular weight excluding hydrogens is 442 g/mol. The van der Waals surface area contributed by atoms with E-state index >= 15 is 0 Å². The molecule has 6 rings (SSSR count). The number of rotatable bonds is 6. The molecule has 1 N–H and O–H groups in total. The lowest BCUT2D eigenvalue weighted by Crippen LogP contribution is -2.33. The largest absolute Gasteiger partial charge is 0.492 e. The average Bonchev–Trinajstić information content (AvgIpc) is 2.95. The van der Waals surface area contributed by atoms with Crippen LogP contribution in [0.5, 0.6) is 5.75 Å². The normalized spacial score (nSPS) is 17.9. The Morgan fingerprint density at radius 1 is 0.667 bits per heavy atom. The Labute approximate surface area is 217 Å². The summed E-state index contributed by atoms with van der Waals surface area (Å²) in [5.41, 5.74) is 7.35. The smallest absolute Gasteiger partial charge is 0.119 e. The molecule has 0 bridgehead atoms. The summed E-state index contributed by atoms with van der Waals surface area (Å²) in [5, 5.41) is 3.34. The summed E-state index contributed by atoms with van der Waals surface area (Å²) in [4.78, 5) is 5.06. The Morgan fingerprint density at radius 2 is 1.36 bits per heavy atom. The molecule has 1 fully saturated rings. The first kappa shape index (κ1) is 25.0. The van der Waals surface area contributed by atoms with Gasteiger partial charge in [0, 0.05) is 32.7 Å². The zero-order valence-corrected chi connectivity index (χ0v) is 21.6. The van der Waals surface area contributed by atoms with Gasteiger partial charge in [-0.3, -0.25) is 9.80 Å². The molecule has 3 aromatic carbocycles. The van der Waals surface area contributed by atoms with Crippen molar-refractivity contribution >= 4 is 0 Å². The number of fused-ring (bicyclic) bond motifs is 2. The van der Waals surface area contributed by atoms with E-state index in [9.17, 15) is 0 Å². The number of hydrogen-bond acceptors (Lipinski definition) is 4. The minimum atomic E-state index is 0.794. The summed E-state index contributed by atoms with van der Waals surface area (Å²) >= 11 is 0. The first-order valence-corrected chi connectivity index (χ1v) is 13.8. The predicted molar refractivity (Wildman–Crippen MR) is 148 cm³/mol. The number of hydrogen-bond donors (Lipinski definition) is 1. The van der Waals surface area contributed by atoms with E-state index in [0.717, 1.165) is 58.0 Å². The topological polar surface area (TPSA) is 27.7 Å². The molecule has 0 atom stereocenters. The van der Waals surface area contributed by atoms with Crippen molar-refractivity contribution in [3.8, 4) is 5.75 Å². The highest BCUT2D eigenvalue weighted by Gasteiger charge is 2.15. The van der Waals surface area contributed by atoms with Crippen LogP contribution in [0, 0.1) is 0 Å².